The molecular weight excluding hydrogens is 325 g/mol. The van der Waals surface area contributed by atoms with Crippen LogP contribution in [0.25, 0.3) is 0 Å². The van der Waals surface area contributed by atoms with E-state index in [1.54, 1.807) is 0 Å². The number of methoxy groups -OCH3 is 1. The molecule has 0 spiro atoms. The molecule has 0 N–H and O–H groups in total. The quantitative estimate of drug-likeness (QED) is 0.345. The SMILES string of the molecule is COC(=O)C(CCBr)Oc1ccc(F)c([N+](=O)[O-])c1. The van der Waals surface area contributed by atoms with Gasteiger partial charge < -0.3 is 9.47 Å². The number of alkyl halides is 1. The van der Waals surface area contributed by atoms with Gasteiger partial charge in [0.15, 0.2) is 6.10 Å². The van der Waals surface area contributed by atoms with Crippen LogP contribution >= 0.6 is 15.9 Å². The first kappa shape index (κ1) is 15.4. The van der Waals surface area contributed by atoms with Gasteiger partial charge in [0, 0.05) is 11.8 Å². The molecule has 104 valence electrons. The van der Waals surface area contributed by atoms with Gasteiger partial charge in [0.1, 0.15) is 5.75 Å². The zero-order valence-electron chi connectivity index (χ0n) is 9.97. The average molecular weight is 336 g/mol. The maximum atomic E-state index is 13.1. The van der Waals surface area contributed by atoms with Crippen LogP contribution in [0.3, 0.4) is 0 Å². The Morgan fingerprint density at radius 1 is 1.58 bits per heavy atom. The molecule has 0 saturated heterocycles. The van der Waals surface area contributed by atoms with Crippen molar-refractivity contribution in [2.24, 2.45) is 0 Å². The Morgan fingerprint density at radius 2 is 2.26 bits per heavy atom. The van der Waals surface area contributed by atoms with Crippen molar-refractivity contribution in [3.63, 3.8) is 0 Å². The van der Waals surface area contributed by atoms with Gasteiger partial charge in [-0.2, -0.15) is 4.39 Å². The molecule has 0 heterocycles. The summed E-state index contributed by atoms with van der Waals surface area (Å²) in [6.07, 6.45) is -0.591. The number of esters is 1. The van der Waals surface area contributed by atoms with Gasteiger partial charge in [-0.1, -0.05) is 15.9 Å². The fraction of sp³-hybridized carbons (Fsp3) is 0.364. The van der Waals surface area contributed by atoms with Crippen molar-refractivity contribution in [2.75, 3.05) is 12.4 Å². The molecule has 0 amide bonds. The van der Waals surface area contributed by atoms with Crippen LogP contribution in [-0.2, 0) is 9.53 Å². The van der Waals surface area contributed by atoms with E-state index in [-0.39, 0.29) is 5.75 Å². The highest BCUT2D eigenvalue weighted by Gasteiger charge is 2.22. The van der Waals surface area contributed by atoms with Crippen LogP contribution in [0.15, 0.2) is 18.2 Å². The molecule has 0 aliphatic heterocycles. The Balaban J connectivity index is 2.93. The molecule has 1 unspecified atom stereocenters. The van der Waals surface area contributed by atoms with Gasteiger partial charge in [-0.15, -0.1) is 0 Å². The number of carbonyl (C=O) groups is 1. The Morgan fingerprint density at radius 3 is 2.79 bits per heavy atom. The van der Waals surface area contributed by atoms with Crippen molar-refractivity contribution >= 4 is 27.6 Å². The summed E-state index contributed by atoms with van der Waals surface area (Å²) >= 11 is 3.15. The highest BCUT2D eigenvalue weighted by atomic mass is 79.9. The second-order valence-corrected chi connectivity index (χ2v) is 4.27. The van der Waals surface area contributed by atoms with E-state index in [2.05, 4.69) is 20.7 Å². The summed E-state index contributed by atoms with van der Waals surface area (Å²) in [5, 5.41) is 11.1. The van der Waals surface area contributed by atoms with Crippen molar-refractivity contribution < 1.29 is 23.6 Å². The zero-order valence-corrected chi connectivity index (χ0v) is 11.6. The zero-order chi connectivity index (χ0) is 14.4. The van der Waals surface area contributed by atoms with Crippen molar-refractivity contribution in [3.05, 3.63) is 34.1 Å². The Bertz CT molecular complexity index is 482. The predicted octanol–water partition coefficient (Wildman–Crippen LogP) is 2.44. The van der Waals surface area contributed by atoms with Gasteiger partial charge >= 0.3 is 11.7 Å². The Kier molecular flexibility index (Phi) is 5.68. The number of ether oxygens (including phenoxy) is 2. The molecule has 0 aliphatic carbocycles. The van der Waals surface area contributed by atoms with Gasteiger partial charge in [-0.3, -0.25) is 10.1 Å². The van der Waals surface area contributed by atoms with Crippen LogP contribution in [0.1, 0.15) is 6.42 Å². The molecule has 1 atom stereocenters. The monoisotopic (exact) mass is 335 g/mol. The molecule has 0 fully saturated rings. The summed E-state index contributed by atoms with van der Waals surface area (Å²) in [7, 11) is 1.21. The third-order valence-corrected chi connectivity index (χ3v) is 2.69. The number of carbonyl (C=O) groups excluding carboxylic acids is 1. The molecule has 1 rings (SSSR count). The fourth-order valence-electron chi connectivity index (χ4n) is 1.33. The van der Waals surface area contributed by atoms with Crippen LogP contribution in [-0.4, -0.2) is 29.4 Å². The lowest BCUT2D eigenvalue weighted by Gasteiger charge is -2.15. The van der Waals surface area contributed by atoms with Crippen molar-refractivity contribution in [1.82, 2.24) is 0 Å². The molecule has 0 saturated carbocycles. The number of nitro groups is 1. The number of nitrogens with zero attached hydrogens (tertiary/aromatic N) is 1. The molecule has 0 aliphatic rings. The summed E-state index contributed by atoms with van der Waals surface area (Å²) in [5.41, 5.74) is -0.708. The highest BCUT2D eigenvalue weighted by molar-refractivity contribution is 9.09. The summed E-state index contributed by atoms with van der Waals surface area (Å²) < 4.78 is 23.0. The van der Waals surface area contributed by atoms with Crippen LogP contribution in [0, 0.1) is 15.9 Å². The first-order valence-corrected chi connectivity index (χ1v) is 6.36. The minimum absolute atomic E-state index is 0.0319. The number of halogens is 2. The lowest BCUT2D eigenvalue weighted by Crippen LogP contribution is -2.29. The second-order valence-electron chi connectivity index (χ2n) is 3.48. The summed E-state index contributed by atoms with van der Waals surface area (Å²) in [6, 6.07) is 3.06. The Hall–Kier alpha value is -1.70. The minimum Gasteiger partial charge on any atom is -0.478 e. The molecular formula is C11H11BrFNO5. The molecule has 1 aromatic carbocycles. The van der Waals surface area contributed by atoms with Crippen LogP contribution in [0.5, 0.6) is 5.75 Å². The van der Waals surface area contributed by atoms with E-state index in [1.165, 1.54) is 13.2 Å². The van der Waals surface area contributed by atoms with Crippen LogP contribution < -0.4 is 4.74 Å². The van der Waals surface area contributed by atoms with Gasteiger partial charge in [0.25, 0.3) is 0 Å². The standard InChI is InChI=1S/C11H11BrFNO5/c1-18-11(15)10(4-5-12)19-7-2-3-8(13)9(6-7)14(16)17/h2-3,6,10H,4-5H2,1H3. The number of nitro benzene ring substituents is 1. The predicted molar refractivity (Wildman–Crippen MR) is 67.9 cm³/mol. The van der Waals surface area contributed by atoms with E-state index >= 15 is 0 Å². The number of hydrogen-bond donors (Lipinski definition) is 0. The lowest BCUT2D eigenvalue weighted by molar-refractivity contribution is -0.387. The maximum Gasteiger partial charge on any atom is 0.347 e. The van der Waals surface area contributed by atoms with E-state index in [0.717, 1.165) is 12.1 Å². The summed E-state index contributed by atoms with van der Waals surface area (Å²) in [5.74, 6) is -1.54. The molecule has 1 aromatic rings. The number of hydrogen-bond acceptors (Lipinski definition) is 5. The Labute approximate surface area is 116 Å². The van der Waals surface area contributed by atoms with Crippen molar-refractivity contribution in [3.8, 4) is 5.75 Å². The third-order valence-electron chi connectivity index (χ3n) is 2.23. The third kappa shape index (κ3) is 4.16. The number of benzene rings is 1. The number of rotatable bonds is 6. The van der Waals surface area contributed by atoms with Crippen molar-refractivity contribution in [1.29, 1.82) is 0 Å². The molecule has 0 bridgehead atoms. The van der Waals surface area contributed by atoms with Gasteiger partial charge in [0.2, 0.25) is 5.82 Å². The fourth-order valence-corrected chi connectivity index (χ4v) is 1.74. The normalized spacial score (nSPS) is 11.7. The van der Waals surface area contributed by atoms with Crippen LogP contribution in [0.2, 0.25) is 0 Å². The van der Waals surface area contributed by atoms with E-state index < -0.39 is 28.5 Å². The molecule has 19 heavy (non-hydrogen) atoms. The highest BCUT2D eigenvalue weighted by Crippen LogP contribution is 2.24. The second kappa shape index (κ2) is 7.03. The van der Waals surface area contributed by atoms with E-state index in [9.17, 15) is 19.3 Å². The molecule has 0 radical (unpaired) electrons. The van der Waals surface area contributed by atoms with Crippen LogP contribution in [0.4, 0.5) is 10.1 Å². The van der Waals surface area contributed by atoms with Crippen molar-refractivity contribution in [2.45, 2.75) is 12.5 Å². The largest absolute Gasteiger partial charge is 0.478 e. The van der Waals surface area contributed by atoms with E-state index in [1.807, 2.05) is 0 Å². The summed E-state index contributed by atoms with van der Waals surface area (Å²) in [4.78, 5) is 21.1. The van der Waals surface area contributed by atoms with E-state index in [0.29, 0.717) is 11.8 Å². The topological polar surface area (TPSA) is 78.7 Å². The maximum absolute atomic E-state index is 13.1. The first-order chi connectivity index (χ1) is 8.99. The molecule has 0 aromatic heterocycles. The lowest BCUT2D eigenvalue weighted by atomic mass is 10.2. The average Bonchev–Trinajstić information content (AvgIpc) is 2.39. The van der Waals surface area contributed by atoms with Gasteiger partial charge in [0.05, 0.1) is 18.1 Å². The van der Waals surface area contributed by atoms with E-state index in [4.69, 9.17) is 4.74 Å². The van der Waals surface area contributed by atoms with Gasteiger partial charge in [-0.05, 0) is 12.1 Å². The van der Waals surface area contributed by atoms with Gasteiger partial charge in [-0.25, -0.2) is 4.79 Å². The first-order valence-electron chi connectivity index (χ1n) is 5.24. The minimum atomic E-state index is -0.965. The smallest absolute Gasteiger partial charge is 0.347 e. The molecule has 6 nitrogen and oxygen atoms in total. The summed E-state index contributed by atoms with van der Waals surface area (Å²) in [6.45, 7) is 0. The molecule has 8 heteroatoms.